The Bertz CT molecular complexity index is 1190. The number of aliphatic hydroxyl groups excluding tert-OH is 1. The van der Waals surface area contributed by atoms with Crippen LogP contribution in [0.5, 0.6) is 11.5 Å². The van der Waals surface area contributed by atoms with Crippen LogP contribution >= 0.6 is 18.7 Å². The lowest BCUT2D eigenvalue weighted by Gasteiger charge is -2.18. The van der Waals surface area contributed by atoms with Crippen LogP contribution in [-0.2, 0) is 21.7 Å². The van der Waals surface area contributed by atoms with Gasteiger partial charge in [-0.15, -0.1) is 11.3 Å². The molecule has 0 aliphatic carbocycles. The fraction of sp³-hybridized carbons (Fsp3) is 0.385. The van der Waals surface area contributed by atoms with Crippen molar-refractivity contribution in [2.24, 2.45) is 0 Å². The fourth-order valence-corrected chi connectivity index (χ4v) is 5.76. The van der Waals surface area contributed by atoms with Gasteiger partial charge in [-0.05, 0) is 38.5 Å². The predicted molar refractivity (Wildman–Crippen MR) is 143 cm³/mol. The molecule has 36 heavy (non-hydrogen) atoms. The Morgan fingerprint density at radius 1 is 1.11 bits per heavy atom. The first-order valence-corrected chi connectivity index (χ1v) is 14.9. The summed E-state index contributed by atoms with van der Waals surface area (Å²) in [5.41, 5.74) is 2.07. The first-order valence-electron chi connectivity index (χ1n) is 11.8. The Kier molecular flexibility index (Phi) is 10.1. The van der Waals surface area contributed by atoms with Crippen LogP contribution in [0.1, 0.15) is 42.4 Å². The molecule has 1 aromatic heterocycles. The molecule has 3 rings (SSSR count). The Balaban J connectivity index is 1.75. The zero-order valence-electron chi connectivity index (χ0n) is 21.0. The summed E-state index contributed by atoms with van der Waals surface area (Å²) >= 11 is 1.25. The monoisotopic (exact) mass is 532 g/mol. The highest BCUT2D eigenvalue weighted by Crippen LogP contribution is 2.46. The van der Waals surface area contributed by atoms with E-state index in [0.29, 0.717) is 40.9 Å². The second kappa shape index (κ2) is 13.0. The SMILES string of the molecule is CCOP(C)(=O)Cc1csc(NC(=O)c2cc(O[C@@H](C)CO)cc(O[C@@H](C)Cc3ccccc3)c2)n1. The number of ether oxygens (including phenoxy) is 2. The molecule has 1 unspecified atom stereocenters. The molecule has 194 valence electrons. The predicted octanol–water partition coefficient (Wildman–Crippen LogP) is 5.61. The Hall–Kier alpha value is -2.71. The number of hydrogen-bond acceptors (Lipinski definition) is 8. The number of amides is 1. The van der Waals surface area contributed by atoms with Crippen molar-refractivity contribution < 1.29 is 28.5 Å². The molecular formula is C26H33N2O6PS. The fourth-order valence-electron chi connectivity index (χ4n) is 3.55. The average Bonchev–Trinajstić information content (AvgIpc) is 3.24. The quantitative estimate of drug-likeness (QED) is 0.276. The molecule has 8 nitrogen and oxygen atoms in total. The van der Waals surface area contributed by atoms with Crippen LogP contribution < -0.4 is 14.8 Å². The number of rotatable bonds is 13. The van der Waals surface area contributed by atoms with Gasteiger partial charge in [-0.3, -0.25) is 14.7 Å². The minimum Gasteiger partial charge on any atom is -0.490 e. The number of carbonyl (C=O) groups excluding carboxylic acids is 1. The number of nitrogens with zero attached hydrogens (tertiary/aromatic N) is 1. The third-order valence-electron chi connectivity index (χ3n) is 5.06. The van der Waals surface area contributed by atoms with Gasteiger partial charge in [-0.1, -0.05) is 30.3 Å². The van der Waals surface area contributed by atoms with Gasteiger partial charge in [0.1, 0.15) is 17.6 Å². The van der Waals surface area contributed by atoms with Crippen LogP contribution in [-0.4, -0.2) is 48.1 Å². The summed E-state index contributed by atoms with van der Waals surface area (Å²) in [6.07, 6.45) is 0.304. The van der Waals surface area contributed by atoms with E-state index in [2.05, 4.69) is 10.3 Å². The zero-order chi connectivity index (χ0) is 26.1. The molecule has 0 saturated carbocycles. The summed E-state index contributed by atoms with van der Waals surface area (Å²) in [4.78, 5) is 17.4. The number of hydrogen-bond donors (Lipinski definition) is 2. The van der Waals surface area contributed by atoms with Crippen molar-refractivity contribution >= 4 is 29.7 Å². The van der Waals surface area contributed by atoms with Crippen molar-refractivity contribution in [1.82, 2.24) is 4.98 Å². The summed E-state index contributed by atoms with van der Waals surface area (Å²) in [5.74, 6) is 0.507. The molecule has 0 bridgehead atoms. The van der Waals surface area contributed by atoms with Crippen molar-refractivity contribution in [3.8, 4) is 11.5 Å². The van der Waals surface area contributed by atoms with Crippen LogP contribution in [0.2, 0.25) is 0 Å². The van der Waals surface area contributed by atoms with E-state index in [1.54, 1.807) is 44.1 Å². The standard InChI is InChI=1S/C26H33N2O6PS/c1-5-32-35(4,31)16-22-17-36-26(27-22)28-25(30)21-12-23(14-24(13-21)34-19(3)15-29)33-18(2)11-20-9-7-6-8-10-20/h6-10,12-14,17-19,29H,5,11,15-16H2,1-4H3,(H,27,28,30)/t18-,19-,35?/m0/s1. The van der Waals surface area contributed by atoms with Crippen LogP contribution in [0.4, 0.5) is 5.13 Å². The van der Waals surface area contributed by atoms with E-state index in [1.807, 2.05) is 37.3 Å². The molecule has 0 spiro atoms. The van der Waals surface area contributed by atoms with E-state index >= 15 is 0 Å². The van der Waals surface area contributed by atoms with Crippen molar-refractivity contribution in [2.75, 3.05) is 25.2 Å². The molecule has 3 atom stereocenters. The maximum atomic E-state index is 13.1. The minimum absolute atomic E-state index is 0.148. The maximum absolute atomic E-state index is 13.1. The van der Waals surface area contributed by atoms with Gasteiger partial charge in [0.2, 0.25) is 7.37 Å². The summed E-state index contributed by atoms with van der Waals surface area (Å²) in [5, 5.41) is 14.3. The highest BCUT2D eigenvalue weighted by molar-refractivity contribution is 7.57. The molecule has 3 aromatic rings. The summed E-state index contributed by atoms with van der Waals surface area (Å²) in [6.45, 7) is 7.26. The normalized spacial score (nSPS) is 14.5. The Morgan fingerprint density at radius 2 is 1.78 bits per heavy atom. The molecule has 0 fully saturated rings. The summed E-state index contributed by atoms with van der Waals surface area (Å²) < 4.78 is 29.6. The molecule has 1 amide bonds. The van der Waals surface area contributed by atoms with Gasteiger partial charge >= 0.3 is 0 Å². The van der Waals surface area contributed by atoms with E-state index in [1.165, 1.54) is 11.3 Å². The molecular weight excluding hydrogens is 499 g/mol. The van der Waals surface area contributed by atoms with Crippen molar-refractivity contribution in [2.45, 2.75) is 45.6 Å². The average molecular weight is 533 g/mol. The number of carbonyl (C=O) groups is 1. The first kappa shape index (κ1) is 27.9. The minimum atomic E-state index is -2.78. The number of aromatic nitrogens is 1. The lowest BCUT2D eigenvalue weighted by Crippen LogP contribution is -2.19. The Labute approximate surface area is 216 Å². The first-order chi connectivity index (χ1) is 17.2. The number of thiazole rings is 1. The molecule has 2 N–H and O–H groups in total. The van der Waals surface area contributed by atoms with E-state index < -0.39 is 13.5 Å². The summed E-state index contributed by atoms with van der Waals surface area (Å²) in [6, 6.07) is 15.0. The smallest absolute Gasteiger partial charge is 0.257 e. The third kappa shape index (κ3) is 8.75. The molecule has 0 aliphatic rings. The van der Waals surface area contributed by atoms with Gasteiger partial charge < -0.3 is 19.1 Å². The van der Waals surface area contributed by atoms with E-state index in [9.17, 15) is 14.5 Å². The van der Waals surface area contributed by atoms with E-state index in [0.717, 1.165) is 5.56 Å². The highest BCUT2D eigenvalue weighted by atomic mass is 32.1. The molecule has 10 heteroatoms. The lowest BCUT2D eigenvalue weighted by atomic mass is 10.1. The number of anilines is 1. The molecule has 0 saturated heterocycles. The molecule has 1 heterocycles. The van der Waals surface area contributed by atoms with E-state index in [-0.39, 0.29) is 24.8 Å². The van der Waals surface area contributed by atoms with Gasteiger partial charge in [0, 0.05) is 30.1 Å². The highest BCUT2D eigenvalue weighted by Gasteiger charge is 2.19. The number of aliphatic hydroxyl groups is 1. The largest absolute Gasteiger partial charge is 0.490 e. The maximum Gasteiger partial charge on any atom is 0.257 e. The number of nitrogens with one attached hydrogen (secondary N) is 1. The van der Waals surface area contributed by atoms with E-state index in [4.69, 9.17) is 14.0 Å². The van der Waals surface area contributed by atoms with Crippen LogP contribution in [0.3, 0.4) is 0 Å². The third-order valence-corrected chi connectivity index (χ3v) is 7.57. The topological polar surface area (TPSA) is 107 Å². The van der Waals surface area contributed by atoms with Gasteiger partial charge in [-0.25, -0.2) is 4.98 Å². The molecule has 0 aliphatic heterocycles. The molecule has 2 aromatic carbocycles. The van der Waals surface area contributed by atoms with Gasteiger partial charge in [0.05, 0.1) is 31.2 Å². The summed E-state index contributed by atoms with van der Waals surface area (Å²) in [7, 11) is -2.78. The van der Waals surface area contributed by atoms with Crippen molar-refractivity contribution in [3.63, 3.8) is 0 Å². The second-order valence-electron chi connectivity index (χ2n) is 8.61. The zero-order valence-corrected chi connectivity index (χ0v) is 22.7. The van der Waals surface area contributed by atoms with Gasteiger partial charge in [-0.2, -0.15) is 0 Å². The number of benzene rings is 2. The van der Waals surface area contributed by atoms with Crippen molar-refractivity contribution in [3.05, 3.63) is 70.7 Å². The molecule has 0 radical (unpaired) electrons. The van der Waals surface area contributed by atoms with Gasteiger partial charge in [0.15, 0.2) is 5.13 Å². The lowest BCUT2D eigenvalue weighted by molar-refractivity contribution is 0.102. The van der Waals surface area contributed by atoms with Crippen LogP contribution in [0.15, 0.2) is 53.9 Å². The van der Waals surface area contributed by atoms with Crippen molar-refractivity contribution in [1.29, 1.82) is 0 Å². The Morgan fingerprint density at radius 3 is 2.42 bits per heavy atom. The van der Waals surface area contributed by atoms with Gasteiger partial charge in [0.25, 0.3) is 5.91 Å². The van der Waals surface area contributed by atoms with Crippen LogP contribution in [0, 0.1) is 0 Å². The van der Waals surface area contributed by atoms with Crippen LogP contribution in [0.25, 0.3) is 0 Å². The second-order valence-corrected chi connectivity index (χ2v) is 12.1.